The number of rotatable bonds is 9. The molecule has 9 nitrogen and oxygen atoms in total. The smallest absolute Gasteiger partial charge is 0.216 e. The first-order valence-corrected chi connectivity index (χ1v) is 10.4. The van der Waals surface area contributed by atoms with E-state index in [2.05, 4.69) is 42.7 Å². The largest absolute Gasteiger partial charge is 0.461 e. The van der Waals surface area contributed by atoms with Crippen molar-refractivity contribution in [3.8, 4) is 11.6 Å². The van der Waals surface area contributed by atoms with Crippen LogP contribution in [0.25, 0.3) is 11.6 Å². The molecule has 0 saturated carbocycles. The van der Waals surface area contributed by atoms with Crippen molar-refractivity contribution >= 4 is 17.3 Å². The van der Waals surface area contributed by atoms with E-state index in [-0.39, 0.29) is 6.10 Å². The Kier molecular flexibility index (Phi) is 7.36. The predicted molar refractivity (Wildman–Crippen MR) is 113 cm³/mol. The van der Waals surface area contributed by atoms with Crippen molar-refractivity contribution in [2.75, 3.05) is 27.2 Å². The lowest BCUT2D eigenvalue weighted by molar-refractivity contribution is 0.119. The average Bonchev–Trinajstić information content (AvgIpc) is 3.47. The first kappa shape index (κ1) is 21.0. The van der Waals surface area contributed by atoms with E-state index in [0.717, 1.165) is 29.0 Å². The molecule has 3 heterocycles. The van der Waals surface area contributed by atoms with Crippen LogP contribution in [0.3, 0.4) is 0 Å². The Morgan fingerprint density at radius 2 is 2.31 bits per heavy atom. The monoisotopic (exact) mass is 417 g/mol. The van der Waals surface area contributed by atoms with Crippen molar-refractivity contribution in [2.45, 2.75) is 32.9 Å². The van der Waals surface area contributed by atoms with E-state index in [1.165, 1.54) is 0 Å². The van der Waals surface area contributed by atoms with Gasteiger partial charge in [-0.1, -0.05) is 0 Å². The molecule has 0 fully saturated rings. The Labute approximate surface area is 174 Å². The number of hydrogen-bond acceptors (Lipinski definition) is 7. The molecule has 0 saturated heterocycles. The third-order valence-corrected chi connectivity index (χ3v) is 5.30. The molecule has 2 N–H and O–H groups in total. The number of H-pyrrole nitrogens is 1. The maximum Gasteiger partial charge on any atom is 0.216 e. The van der Waals surface area contributed by atoms with Gasteiger partial charge in [-0.3, -0.25) is 10.1 Å². The summed E-state index contributed by atoms with van der Waals surface area (Å²) >= 11 is 1.62. The van der Waals surface area contributed by atoms with Gasteiger partial charge in [0.15, 0.2) is 11.7 Å². The van der Waals surface area contributed by atoms with E-state index in [1.807, 2.05) is 26.1 Å². The van der Waals surface area contributed by atoms with Crippen molar-refractivity contribution in [2.24, 2.45) is 4.99 Å². The molecule has 156 valence electrons. The number of thiazole rings is 1. The quantitative estimate of drug-likeness (QED) is 0.407. The predicted octanol–water partition coefficient (Wildman–Crippen LogP) is 2.87. The van der Waals surface area contributed by atoms with Gasteiger partial charge in [0.2, 0.25) is 5.82 Å². The molecule has 0 aliphatic carbocycles. The molecule has 1 atom stereocenters. The molecule has 3 rings (SSSR count). The van der Waals surface area contributed by atoms with Gasteiger partial charge in [0, 0.05) is 39.0 Å². The Morgan fingerprint density at radius 3 is 3.03 bits per heavy atom. The van der Waals surface area contributed by atoms with Gasteiger partial charge in [-0.25, -0.2) is 9.97 Å². The number of methoxy groups -OCH3 is 1. The number of hydrogen-bond donors (Lipinski definition) is 2. The van der Waals surface area contributed by atoms with E-state index in [1.54, 1.807) is 24.7 Å². The topological polar surface area (TPSA) is 104 Å². The highest BCUT2D eigenvalue weighted by atomic mass is 32.1. The molecule has 3 aromatic rings. The summed E-state index contributed by atoms with van der Waals surface area (Å²) in [6.45, 7) is 6.10. The third-order valence-electron chi connectivity index (χ3n) is 4.25. The van der Waals surface area contributed by atoms with Gasteiger partial charge in [0.25, 0.3) is 0 Å². The van der Waals surface area contributed by atoms with Gasteiger partial charge >= 0.3 is 0 Å². The normalized spacial score (nSPS) is 12.9. The standard InChI is InChI=1S/C19H27N7O2S/c1-5-20-19(26(3)11-14-12-29-18(22-14)13(2)27-4)21-9-8-16-23-17(25-24-16)15-7-6-10-28-15/h6-7,10,12-13H,5,8-9,11H2,1-4H3,(H,20,21)(H,23,24,25). The zero-order valence-electron chi connectivity index (χ0n) is 17.2. The van der Waals surface area contributed by atoms with Gasteiger partial charge in [-0.2, -0.15) is 5.10 Å². The van der Waals surface area contributed by atoms with E-state index in [9.17, 15) is 0 Å². The second kappa shape index (κ2) is 10.2. The van der Waals surface area contributed by atoms with Crippen molar-refractivity contribution in [1.82, 2.24) is 30.4 Å². The second-order valence-corrected chi connectivity index (χ2v) is 7.37. The van der Waals surface area contributed by atoms with Gasteiger partial charge in [-0.05, 0) is 26.0 Å². The number of ether oxygens (including phenoxy) is 1. The average molecular weight is 418 g/mol. The molecule has 0 aliphatic rings. The summed E-state index contributed by atoms with van der Waals surface area (Å²) in [5, 5.41) is 13.5. The van der Waals surface area contributed by atoms with Crippen LogP contribution in [-0.2, 0) is 17.7 Å². The van der Waals surface area contributed by atoms with Gasteiger partial charge < -0.3 is 19.4 Å². The highest BCUT2D eigenvalue weighted by Crippen LogP contribution is 2.21. The molecular formula is C19H27N7O2S. The summed E-state index contributed by atoms with van der Waals surface area (Å²) in [5.41, 5.74) is 1.00. The minimum Gasteiger partial charge on any atom is -0.461 e. The molecule has 0 aromatic carbocycles. The lowest BCUT2D eigenvalue weighted by Crippen LogP contribution is -2.38. The number of aliphatic imine (C=N–C) groups is 1. The number of nitrogens with zero attached hydrogens (tertiary/aromatic N) is 5. The summed E-state index contributed by atoms with van der Waals surface area (Å²) in [6, 6.07) is 3.65. The van der Waals surface area contributed by atoms with Crippen LogP contribution in [0.15, 0.2) is 33.2 Å². The zero-order chi connectivity index (χ0) is 20.6. The van der Waals surface area contributed by atoms with Crippen LogP contribution >= 0.6 is 11.3 Å². The van der Waals surface area contributed by atoms with Gasteiger partial charge in [-0.15, -0.1) is 11.3 Å². The fraction of sp³-hybridized carbons (Fsp3) is 0.474. The molecule has 10 heteroatoms. The molecule has 0 bridgehead atoms. The summed E-state index contributed by atoms with van der Waals surface area (Å²) in [6.07, 6.45) is 2.27. The van der Waals surface area contributed by atoms with E-state index >= 15 is 0 Å². The van der Waals surface area contributed by atoms with Crippen molar-refractivity contribution in [3.63, 3.8) is 0 Å². The Bertz CT molecular complexity index is 903. The number of aromatic amines is 1. The SMILES string of the molecule is CCNC(=NCCc1nc(-c2ccco2)n[nH]1)N(C)Cc1csc(C(C)OC)n1. The molecule has 29 heavy (non-hydrogen) atoms. The lowest BCUT2D eigenvalue weighted by Gasteiger charge is -2.21. The van der Waals surface area contributed by atoms with Crippen molar-refractivity contribution in [3.05, 3.63) is 40.3 Å². The summed E-state index contributed by atoms with van der Waals surface area (Å²) in [5.74, 6) is 2.81. The first-order valence-electron chi connectivity index (χ1n) is 9.52. The second-order valence-electron chi connectivity index (χ2n) is 6.48. The summed E-state index contributed by atoms with van der Waals surface area (Å²) < 4.78 is 10.7. The highest BCUT2D eigenvalue weighted by Gasteiger charge is 2.13. The van der Waals surface area contributed by atoms with E-state index in [4.69, 9.17) is 14.1 Å². The number of furan rings is 1. The highest BCUT2D eigenvalue weighted by molar-refractivity contribution is 7.09. The number of nitrogens with one attached hydrogen (secondary N) is 2. The molecule has 1 unspecified atom stereocenters. The number of guanidine groups is 1. The third kappa shape index (κ3) is 5.64. The minimum absolute atomic E-state index is 0.00827. The summed E-state index contributed by atoms with van der Waals surface area (Å²) in [4.78, 5) is 15.9. The van der Waals surface area contributed by atoms with Gasteiger partial charge in [0.1, 0.15) is 16.9 Å². The van der Waals surface area contributed by atoms with Crippen LogP contribution in [0.2, 0.25) is 0 Å². The molecule has 0 radical (unpaired) electrons. The zero-order valence-corrected chi connectivity index (χ0v) is 18.0. The van der Waals surface area contributed by atoms with Crippen molar-refractivity contribution in [1.29, 1.82) is 0 Å². The van der Waals surface area contributed by atoms with Crippen LogP contribution in [0, 0.1) is 0 Å². The lowest BCUT2D eigenvalue weighted by atomic mass is 10.4. The number of aromatic nitrogens is 4. The molecule has 0 spiro atoms. The van der Waals surface area contributed by atoms with Crippen LogP contribution in [0.1, 0.15) is 36.5 Å². The fourth-order valence-corrected chi connectivity index (χ4v) is 3.50. The van der Waals surface area contributed by atoms with Crippen LogP contribution in [-0.4, -0.2) is 58.3 Å². The molecule has 3 aromatic heterocycles. The maximum absolute atomic E-state index is 5.34. The van der Waals surface area contributed by atoms with Crippen LogP contribution < -0.4 is 5.32 Å². The molecule has 0 amide bonds. The van der Waals surface area contributed by atoms with Crippen LogP contribution in [0.5, 0.6) is 0 Å². The molecular weight excluding hydrogens is 390 g/mol. The Hall–Kier alpha value is -2.72. The minimum atomic E-state index is 0.00827. The van der Waals surface area contributed by atoms with E-state index in [0.29, 0.717) is 31.1 Å². The van der Waals surface area contributed by atoms with Crippen molar-refractivity contribution < 1.29 is 9.15 Å². The Balaban J connectivity index is 1.58. The van der Waals surface area contributed by atoms with Crippen LogP contribution in [0.4, 0.5) is 0 Å². The fourth-order valence-electron chi connectivity index (χ4n) is 2.66. The Morgan fingerprint density at radius 1 is 1.45 bits per heavy atom. The summed E-state index contributed by atoms with van der Waals surface area (Å²) in [7, 11) is 3.70. The molecule has 0 aliphatic heterocycles. The maximum atomic E-state index is 5.34. The first-order chi connectivity index (χ1) is 14.1. The van der Waals surface area contributed by atoms with E-state index < -0.39 is 0 Å². The van der Waals surface area contributed by atoms with Gasteiger partial charge in [0.05, 0.1) is 18.5 Å².